The Labute approximate surface area is 160 Å². The topological polar surface area (TPSA) is 70.6 Å². The van der Waals surface area contributed by atoms with Crippen LogP contribution in [0.15, 0.2) is 53.9 Å². The van der Waals surface area contributed by atoms with Crippen molar-refractivity contribution in [3.63, 3.8) is 0 Å². The summed E-state index contributed by atoms with van der Waals surface area (Å²) >= 11 is 3.03. The smallest absolute Gasteiger partial charge is 0.315 e. The van der Waals surface area contributed by atoms with Crippen LogP contribution in [0.25, 0.3) is 0 Å². The minimum absolute atomic E-state index is 0.227. The molecule has 0 spiro atoms. The Morgan fingerprint density at radius 1 is 1.08 bits per heavy atom. The summed E-state index contributed by atoms with van der Waals surface area (Å²) in [5.41, 5.74) is 0.999. The van der Waals surface area contributed by atoms with E-state index >= 15 is 0 Å². The number of aliphatic hydroxyl groups excluding tert-OH is 1. The number of aliphatic hydroxyl groups is 1. The molecule has 2 heterocycles. The van der Waals surface area contributed by atoms with Crippen LogP contribution >= 0.6 is 22.7 Å². The third-order valence-electron chi connectivity index (χ3n) is 3.80. The summed E-state index contributed by atoms with van der Waals surface area (Å²) in [7, 11) is 1.62. The van der Waals surface area contributed by atoms with Crippen molar-refractivity contribution < 1.29 is 14.6 Å². The first kappa shape index (κ1) is 18.4. The SMILES string of the molecule is COc1ccc(CNC(=O)NCc2ccc(C(O)c3cccs3)s2)cc1. The predicted molar refractivity (Wildman–Crippen MR) is 105 cm³/mol. The molecule has 3 rings (SSSR count). The summed E-state index contributed by atoms with van der Waals surface area (Å²) in [5, 5.41) is 17.9. The van der Waals surface area contributed by atoms with Gasteiger partial charge in [-0.2, -0.15) is 0 Å². The van der Waals surface area contributed by atoms with Crippen molar-refractivity contribution in [2.24, 2.45) is 0 Å². The summed E-state index contributed by atoms with van der Waals surface area (Å²) in [6.45, 7) is 0.874. The lowest BCUT2D eigenvalue weighted by atomic mass is 10.2. The molecule has 0 saturated heterocycles. The molecular formula is C19H20N2O3S2. The van der Waals surface area contributed by atoms with Crippen LogP contribution < -0.4 is 15.4 Å². The van der Waals surface area contributed by atoms with E-state index in [0.29, 0.717) is 13.1 Å². The lowest BCUT2D eigenvalue weighted by molar-refractivity contribution is 0.228. The third-order valence-corrected chi connectivity index (χ3v) is 5.86. The van der Waals surface area contributed by atoms with Gasteiger partial charge in [0.05, 0.1) is 13.7 Å². The number of methoxy groups -OCH3 is 1. The maximum Gasteiger partial charge on any atom is 0.315 e. The zero-order valence-electron chi connectivity index (χ0n) is 14.3. The Bertz CT molecular complexity index is 829. The molecule has 2 aromatic heterocycles. The van der Waals surface area contributed by atoms with Crippen molar-refractivity contribution in [2.75, 3.05) is 7.11 Å². The van der Waals surface area contributed by atoms with E-state index in [0.717, 1.165) is 25.9 Å². The Balaban J connectivity index is 1.45. The van der Waals surface area contributed by atoms with Gasteiger partial charge in [-0.15, -0.1) is 22.7 Å². The Morgan fingerprint density at radius 2 is 1.85 bits per heavy atom. The second-order valence-corrected chi connectivity index (χ2v) is 7.79. The molecule has 0 radical (unpaired) electrons. The second-order valence-electron chi connectivity index (χ2n) is 5.61. The van der Waals surface area contributed by atoms with Gasteiger partial charge in [-0.25, -0.2) is 4.79 Å². The number of ether oxygens (including phenoxy) is 1. The van der Waals surface area contributed by atoms with Gasteiger partial charge in [-0.3, -0.25) is 0 Å². The molecule has 0 aliphatic rings. The zero-order chi connectivity index (χ0) is 18.4. The number of thiophene rings is 2. The number of amides is 2. The number of carbonyl (C=O) groups is 1. The molecule has 7 heteroatoms. The van der Waals surface area contributed by atoms with E-state index in [1.54, 1.807) is 7.11 Å². The van der Waals surface area contributed by atoms with Crippen LogP contribution in [0.4, 0.5) is 4.79 Å². The van der Waals surface area contributed by atoms with Crippen LogP contribution in [0.5, 0.6) is 5.75 Å². The fraction of sp³-hybridized carbons (Fsp3) is 0.211. The van der Waals surface area contributed by atoms with Gasteiger partial charge in [0.15, 0.2) is 0 Å². The van der Waals surface area contributed by atoms with Gasteiger partial charge in [-0.05, 0) is 41.3 Å². The van der Waals surface area contributed by atoms with Crippen molar-refractivity contribution in [1.29, 1.82) is 0 Å². The Hall–Kier alpha value is -2.35. The van der Waals surface area contributed by atoms with Crippen molar-refractivity contribution in [3.05, 3.63) is 74.1 Å². The van der Waals surface area contributed by atoms with Crippen LogP contribution in [-0.4, -0.2) is 18.2 Å². The van der Waals surface area contributed by atoms with Crippen molar-refractivity contribution in [3.8, 4) is 5.75 Å². The highest BCUT2D eigenvalue weighted by Gasteiger charge is 2.14. The van der Waals surface area contributed by atoms with Crippen LogP contribution in [0.3, 0.4) is 0 Å². The first-order chi connectivity index (χ1) is 12.7. The average Bonchev–Trinajstić information content (AvgIpc) is 3.36. The number of urea groups is 1. The third kappa shape index (κ3) is 4.85. The molecule has 0 aliphatic carbocycles. The summed E-state index contributed by atoms with van der Waals surface area (Å²) in [5.74, 6) is 0.788. The van der Waals surface area contributed by atoms with Gasteiger partial charge < -0.3 is 20.5 Å². The zero-order valence-corrected chi connectivity index (χ0v) is 15.9. The molecule has 2 amide bonds. The van der Waals surface area contributed by atoms with Gasteiger partial charge in [0.2, 0.25) is 0 Å². The number of nitrogens with one attached hydrogen (secondary N) is 2. The Kier molecular flexibility index (Phi) is 6.27. The first-order valence-electron chi connectivity index (χ1n) is 8.10. The number of benzene rings is 1. The van der Waals surface area contributed by atoms with Crippen LogP contribution in [0.1, 0.15) is 26.3 Å². The molecule has 1 unspecified atom stereocenters. The lowest BCUT2D eigenvalue weighted by Crippen LogP contribution is -2.34. The van der Waals surface area contributed by atoms with Crippen molar-refractivity contribution >= 4 is 28.7 Å². The first-order valence-corrected chi connectivity index (χ1v) is 9.80. The van der Waals surface area contributed by atoms with E-state index in [9.17, 15) is 9.90 Å². The lowest BCUT2D eigenvalue weighted by Gasteiger charge is -2.08. The number of rotatable bonds is 7. The van der Waals surface area contributed by atoms with Crippen LogP contribution in [0, 0.1) is 0 Å². The summed E-state index contributed by atoms with van der Waals surface area (Å²) in [6, 6.07) is 15.0. The van der Waals surface area contributed by atoms with Crippen molar-refractivity contribution in [2.45, 2.75) is 19.2 Å². The maximum absolute atomic E-state index is 12.0. The fourth-order valence-corrected chi connectivity index (χ4v) is 4.14. The molecule has 0 aliphatic heterocycles. The maximum atomic E-state index is 12.0. The monoisotopic (exact) mass is 388 g/mol. The largest absolute Gasteiger partial charge is 0.497 e. The molecule has 3 N–H and O–H groups in total. The van der Waals surface area contributed by atoms with Gasteiger partial charge in [-0.1, -0.05) is 18.2 Å². The second kappa shape index (κ2) is 8.84. The van der Waals surface area contributed by atoms with Crippen LogP contribution in [0.2, 0.25) is 0 Å². The average molecular weight is 389 g/mol. The molecule has 1 aromatic carbocycles. The molecule has 0 fully saturated rings. The molecular weight excluding hydrogens is 368 g/mol. The molecule has 0 saturated carbocycles. The van der Waals surface area contributed by atoms with Crippen LogP contribution in [-0.2, 0) is 13.1 Å². The van der Waals surface area contributed by atoms with E-state index in [1.165, 1.54) is 22.7 Å². The highest BCUT2D eigenvalue weighted by molar-refractivity contribution is 7.12. The molecule has 136 valence electrons. The van der Waals surface area contributed by atoms with Gasteiger partial charge in [0, 0.05) is 21.2 Å². The minimum Gasteiger partial charge on any atom is -0.497 e. The highest BCUT2D eigenvalue weighted by atomic mass is 32.1. The Morgan fingerprint density at radius 3 is 2.54 bits per heavy atom. The summed E-state index contributed by atoms with van der Waals surface area (Å²) in [4.78, 5) is 14.7. The van der Waals surface area contributed by atoms with Gasteiger partial charge >= 0.3 is 6.03 Å². The van der Waals surface area contributed by atoms with E-state index in [1.807, 2.05) is 53.9 Å². The highest BCUT2D eigenvalue weighted by Crippen LogP contribution is 2.30. The number of hydrogen-bond donors (Lipinski definition) is 3. The van der Waals surface area contributed by atoms with E-state index in [2.05, 4.69) is 10.6 Å². The number of carbonyl (C=O) groups excluding carboxylic acids is 1. The standard InChI is InChI=1S/C19H20N2O3S2/c1-24-14-6-4-13(5-7-14)11-20-19(23)21-12-15-8-9-17(26-15)18(22)16-3-2-10-25-16/h2-10,18,22H,11-12H2,1H3,(H2,20,21,23). The summed E-state index contributed by atoms with van der Waals surface area (Å²) in [6.07, 6.45) is -0.599. The molecule has 26 heavy (non-hydrogen) atoms. The minimum atomic E-state index is -0.599. The molecule has 3 aromatic rings. The molecule has 0 bridgehead atoms. The van der Waals surface area contributed by atoms with E-state index in [4.69, 9.17) is 4.74 Å². The van der Waals surface area contributed by atoms with E-state index < -0.39 is 6.10 Å². The normalized spacial score (nSPS) is 11.8. The van der Waals surface area contributed by atoms with Gasteiger partial charge in [0.25, 0.3) is 0 Å². The fourth-order valence-electron chi connectivity index (χ4n) is 2.38. The summed E-state index contributed by atoms with van der Waals surface area (Å²) < 4.78 is 5.11. The molecule has 1 atom stereocenters. The van der Waals surface area contributed by atoms with Crippen molar-refractivity contribution in [1.82, 2.24) is 10.6 Å². The number of hydrogen-bond acceptors (Lipinski definition) is 5. The van der Waals surface area contributed by atoms with Gasteiger partial charge in [0.1, 0.15) is 11.9 Å². The van der Waals surface area contributed by atoms with E-state index in [-0.39, 0.29) is 6.03 Å². The quantitative estimate of drug-likeness (QED) is 0.575. The molecule has 5 nitrogen and oxygen atoms in total. The predicted octanol–water partition coefficient (Wildman–Crippen LogP) is 3.90.